The highest BCUT2D eigenvalue weighted by Gasteiger charge is 2.13. The molecule has 0 fully saturated rings. The number of rotatable bonds is 9. The Morgan fingerprint density at radius 3 is 2.69 bits per heavy atom. The molecule has 1 aliphatic heterocycles. The van der Waals surface area contributed by atoms with Crippen LogP contribution >= 0.6 is 0 Å². The molecule has 0 spiro atoms. The maximum atomic E-state index is 5.91. The molecule has 2 aromatic rings. The van der Waals surface area contributed by atoms with Crippen LogP contribution in [0.4, 0.5) is 0 Å². The van der Waals surface area contributed by atoms with E-state index in [9.17, 15) is 0 Å². The van der Waals surface area contributed by atoms with Crippen molar-refractivity contribution in [1.29, 1.82) is 0 Å². The van der Waals surface area contributed by atoms with Crippen LogP contribution in [0.3, 0.4) is 0 Å². The van der Waals surface area contributed by atoms with E-state index in [2.05, 4.69) is 34.7 Å². The molecular weight excluding hydrogens is 370 g/mol. The summed E-state index contributed by atoms with van der Waals surface area (Å²) in [7, 11) is 1.75. The predicted octanol–water partition coefficient (Wildman–Crippen LogP) is 3.00. The summed E-state index contributed by atoms with van der Waals surface area (Å²) in [5.41, 5.74) is 3.32. The largest absolute Gasteiger partial charge is 0.491 e. The lowest BCUT2D eigenvalue weighted by atomic mass is 10.1. The second kappa shape index (κ2) is 10.6. The molecule has 0 radical (unpaired) electrons. The van der Waals surface area contributed by atoms with Crippen LogP contribution in [-0.2, 0) is 17.8 Å². The van der Waals surface area contributed by atoms with E-state index in [0.717, 1.165) is 33.9 Å². The number of ether oxygens (including phenoxy) is 4. The van der Waals surface area contributed by atoms with Crippen LogP contribution in [0.2, 0.25) is 0 Å². The van der Waals surface area contributed by atoms with Crippen LogP contribution in [0.15, 0.2) is 41.4 Å². The minimum atomic E-state index is 0.279. The van der Waals surface area contributed by atoms with E-state index in [1.807, 2.05) is 31.2 Å². The van der Waals surface area contributed by atoms with Crippen LogP contribution in [0.5, 0.6) is 17.2 Å². The zero-order chi connectivity index (χ0) is 20.5. The lowest BCUT2D eigenvalue weighted by molar-refractivity contribution is 0.110. The summed E-state index contributed by atoms with van der Waals surface area (Å²) in [6.07, 6.45) is 0. The lowest BCUT2D eigenvalue weighted by Gasteiger charge is -2.16. The topological polar surface area (TPSA) is 73.3 Å². The van der Waals surface area contributed by atoms with Gasteiger partial charge in [-0.1, -0.05) is 18.2 Å². The fraction of sp³-hybridized carbons (Fsp3) is 0.409. The molecule has 7 heteroatoms. The molecule has 0 amide bonds. The second-order valence-corrected chi connectivity index (χ2v) is 6.62. The number of hydrogen-bond acceptors (Lipinski definition) is 5. The van der Waals surface area contributed by atoms with Crippen molar-refractivity contribution in [3.8, 4) is 17.2 Å². The average molecular weight is 399 g/mol. The number of aryl methyl sites for hydroxylation is 1. The first-order valence-electron chi connectivity index (χ1n) is 9.82. The number of guanidine groups is 1. The summed E-state index contributed by atoms with van der Waals surface area (Å²) in [6.45, 7) is 7.34. The number of nitrogens with one attached hydrogen (secondary N) is 2. The Balaban J connectivity index is 1.53. The van der Waals surface area contributed by atoms with Crippen molar-refractivity contribution in [2.45, 2.75) is 26.9 Å². The minimum Gasteiger partial charge on any atom is -0.491 e. The zero-order valence-electron chi connectivity index (χ0n) is 17.3. The van der Waals surface area contributed by atoms with Crippen LogP contribution in [0.1, 0.15) is 23.6 Å². The van der Waals surface area contributed by atoms with E-state index in [4.69, 9.17) is 18.9 Å². The van der Waals surface area contributed by atoms with Gasteiger partial charge in [-0.15, -0.1) is 0 Å². The van der Waals surface area contributed by atoms with Gasteiger partial charge in [-0.05, 0) is 43.2 Å². The van der Waals surface area contributed by atoms with E-state index in [-0.39, 0.29) is 6.79 Å². The van der Waals surface area contributed by atoms with Crippen molar-refractivity contribution >= 4 is 5.96 Å². The number of nitrogens with zero attached hydrogens (tertiary/aromatic N) is 1. The normalized spacial score (nSPS) is 12.7. The monoisotopic (exact) mass is 399 g/mol. The molecule has 29 heavy (non-hydrogen) atoms. The molecule has 1 aliphatic rings. The molecule has 0 bridgehead atoms. The highest BCUT2D eigenvalue weighted by atomic mass is 16.7. The summed E-state index contributed by atoms with van der Waals surface area (Å²) < 4.78 is 22.0. The SMILES string of the molecule is CCOCCOc1cc(C)ccc1CNC(=NC)NCc1ccc2c(c1)OCO2. The van der Waals surface area contributed by atoms with Gasteiger partial charge in [-0.2, -0.15) is 0 Å². The third-order valence-electron chi connectivity index (χ3n) is 4.48. The number of benzene rings is 2. The quantitative estimate of drug-likeness (QED) is 0.384. The molecule has 7 nitrogen and oxygen atoms in total. The van der Waals surface area contributed by atoms with Crippen molar-refractivity contribution in [2.24, 2.45) is 4.99 Å². The molecule has 0 saturated heterocycles. The van der Waals surface area contributed by atoms with Gasteiger partial charge in [0.1, 0.15) is 12.4 Å². The highest BCUT2D eigenvalue weighted by molar-refractivity contribution is 5.79. The maximum Gasteiger partial charge on any atom is 0.231 e. The molecule has 0 saturated carbocycles. The van der Waals surface area contributed by atoms with Gasteiger partial charge in [-0.3, -0.25) is 4.99 Å². The minimum absolute atomic E-state index is 0.279. The zero-order valence-corrected chi connectivity index (χ0v) is 17.3. The summed E-state index contributed by atoms with van der Waals surface area (Å²) in [6, 6.07) is 12.1. The summed E-state index contributed by atoms with van der Waals surface area (Å²) in [4.78, 5) is 4.30. The first-order chi connectivity index (χ1) is 14.2. The van der Waals surface area contributed by atoms with Gasteiger partial charge in [-0.25, -0.2) is 0 Å². The third kappa shape index (κ3) is 6.02. The van der Waals surface area contributed by atoms with Crippen molar-refractivity contribution in [1.82, 2.24) is 10.6 Å². The van der Waals surface area contributed by atoms with E-state index in [0.29, 0.717) is 38.9 Å². The average Bonchev–Trinajstić information content (AvgIpc) is 3.20. The fourth-order valence-electron chi connectivity index (χ4n) is 2.93. The van der Waals surface area contributed by atoms with Crippen LogP contribution in [0, 0.1) is 6.92 Å². The maximum absolute atomic E-state index is 5.91. The van der Waals surface area contributed by atoms with Gasteiger partial charge < -0.3 is 29.6 Å². The highest BCUT2D eigenvalue weighted by Crippen LogP contribution is 2.32. The first-order valence-corrected chi connectivity index (χ1v) is 9.82. The molecule has 156 valence electrons. The number of aliphatic imine (C=N–C) groups is 1. The van der Waals surface area contributed by atoms with Gasteiger partial charge in [0.15, 0.2) is 17.5 Å². The molecule has 1 heterocycles. The van der Waals surface area contributed by atoms with Gasteiger partial charge in [0.2, 0.25) is 6.79 Å². The standard InChI is InChI=1S/C22H29N3O4/c1-4-26-9-10-27-20-11-16(2)5-7-18(20)14-25-22(23-3)24-13-17-6-8-19-21(12-17)29-15-28-19/h5-8,11-12H,4,9-10,13-15H2,1-3H3,(H2,23,24,25). The Bertz CT molecular complexity index is 839. The van der Waals surface area contributed by atoms with Crippen LogP contribution in [0.25, 0.3) is 0 Å². The second-order valence-electron chi connectivity index (χ2n) is 6.62. The number of fused-ring (bicyclic) bond motifs is 1. The molecule has 2 N–H and O–H groups in total. The number of hydrogen-bond donors (Lipinski definition) is 2. The van der Waals surface area contributed by atoms with Crippen molar-refractivity contribution in [3.05, 3.63) is 53.1 Å². The van der Waals surface area contributed by atoms with Crippen molar-refractivity contribution in [3.63, 3.8) is 0 Å². The van der Waals surface area contributed by atoms with Gasteiger partial charge in [0.05, 0.1) is 6.61 Å². The third-order valence-corrected chi connectivity index (χ3v) is 4.48. The van der Waals surface area contributed by atoms with E-state index < -0.39 is 0 Å². The summed E-state index contributed by atoms with van der Waals surface area (Å²) >= 11 is 0. The Morgan fingerprint density at radius 1 is 1.03 bits per heavy atom. The molecule has 0 aromatic heterocycles. The summed E-state index contributed by atoms with van der Waals surface area (Å²) in [5.74, 6) is 3.14. The molecule has 0 aliphatic carbocycles. The fourth-order valence-corrected chi connectivity index (χ4v) is 2.93. The predicted molar refractivity (Wildman–Crippen MR) is 113 cm³/mol. The molecule has 0 atom stereocenters. The molecular formula is C22H29N3O4. The van der Waals surface area contributed by atoms with E-state index in [1.165, 1.54) is 0 Å². The molecule has 3 rings (SSSR count). The Kier molecular flexibility index (Phi) is 7.58. The van der Waals surface area contributed by atoms with Crippen LogP contribution in [-0.4, -0.2) is 39.6 Å². The first kappa shape index (κ1) is 20.8. The molecule has 2 aromatic carbocycles. The lowest BCUT2D eigenvalue weighted by Crippen LogP contribution is -2.36. The van der Waals surface area contributed by atoms with Crippen molar-refractivity contribution in [2.75, 3.05) is 33.7 Å². The van der Waals surface area contributed by atoms with Gasteiger partial charge >= 0.3 is 0 Å². The van der Waals surface area contributed by atoms with Crippen molar-refractivity contribution < 1.29 is 18.9 Å². The van der Waals surface area contributed by atoms with Gasteiger partial charge in [0, 0.05) is 32.3 Å². The van der Waals surface area contributed by atoms with E-state index in [1.54, 1.807) is 7.05 Å². The Hall–Kier alpha value is -2.93. The van der Waals surface area contributed by atoms with Crippen LogP contribution < -0.4 is 24.8 Å². The van der Waals surface area contributed by atoms with Gasteiger partial charge in [0.25, 0.3) is 0 Å². The molecule has 0 unspecified atom stereocenters. The Morgan fingerprint density at radius 2 is 1.86 bits per heavy atom. The van der Waals surface area contributed by atoms with E-state index >= 15 is 0 Å². The smallest absolute Gasteiger partial charge is 0.231 e. The summed E-state index contributed by atoms with van der Waals surface area (Å²) in [5, 5.41) is 6.66. The Labute approximate surface area is 172 Å².